The zero-order valence-corrected chi connectivity index (χ0v) is 18.6. The van der Waals surface area contributed by atoms with E-state index in [9.17, 15) is 9.59 Å². The van der Waals surface area contributed by atoms with Crippen LogP contribution in [0.4, 0.5) is 0 Å². The number of hydrogen-bond acceptors (Lipinski definition) is 3. The summed E-state index contributed by atoms with van der Waals surface area (Å²) in [7, 11) is 0. The largest absolute Gasteiger partial charge is 0.348 e. The first kappa shape index (κ1) is 21.6. The summed E-state index contributed by atoms with van der Waals surface area (Å²) in [5.74, 6) is 0.771. The van der Waals surface area contributed by atoms with Gasteiger partial charge < -0.3 is 10.2 Å². The predicted octanol–water partition coefficient (Wildman–Crippen LogP) is 3.72. The summed E-state index contributed by atoms with van der Waals surface area (Å²) in [4.78, 5) is 30.6. The smallest absolute Gasteiger partial charge is 0.244 e. The summed E-state index contributed by atoms with van der Waals surface area (Å²) in [5.41, 5.74) is 3.36. The Morgan fingerprint density at radius 3 is 2.42 bits per heavy atom. The van der Waals surface area contributed by atoms with E-state index in [1.54, 1.807) is 0 Å². The molecule has 1 N–H and O–H groups in total. The van der Waals surface area contributed by atoms with Crippen LogP contribution in [0.25, 0.3) is 0 Å². The number of carbonyl (C=O) groups is 2. The van der Waals surface area contributed by atoms with Crippen LogP contribution < -0.4 is 5.32 Å². The Morgan fingerprint density at radius 1 is 1.00 bits per heavy atom. The van der Waals surface area contributed by atoms with Crippen molar-refractivity contribution in [3.8, 4) is 0 Å². The van der Waals surface area contributed by atoms with Gasteiger partial charge in [0.25, 0.3) is 0 Å². The highest BCUT2D eigenvalue weighted by molar-refractivity contribution is 5.86. The summed E-state index contributed by atoms with van der Waals surface area (Å²) in [5, 5.41) is 3.11. The van der Waals surface area contributed by atoms with E-state index in [4.69, 9.17) is 0 Å². The fourth-order valence-corrected chi connectivity index (χ4v) is 4.78. The number of benzene rings is 2. The van der Waals surface area contributed by atoms with Gasteiger partial charge in [-0.2, -0.15) is 0 Å². The molecule has 1 fully saturated rings. The highest BCUT2D eigenvalue weighted by atomic mass is 16.2. The average molecular weight is 420 g/mol. The van der Waals surface area contributed by atoms with Crippen LogP contribution in [0.1, 0.15) is 55.5 Å². The zero-order chi connectivity index (χ0) is 21.8. The second-order valence-electron chi connectivity index (χ2n) is 9.03. The minimum absolute atomic E-state index is 0.0409. The molecule has 2 amide bonds. The number of likely N-dealkylation sites (tertiary alicyclic amines) is 1. The van der Waals surface area contributed by atoms with E-state index in [1.807, 2.05) is 54.3 Å². The van der Waals surface area contributed by atoms with Crippen LogP contribution in [0.2, 0.25) is 0 Å². The summed E-state index contributed by atoms with van der Waals surface area (Å²) in [6.07, 6.45) is 2.96. The monoisotopic (exact) mass is 419 g/mol. The van der Waals surface area contributed by atoms with Crippen molar-refractivity contribution < 1.29 is 9.59 Å². The zero-order valence-electron chi connectivity index (χ0n) is 18.6. The molecule has 2 aliphatic heterocycles. The number of amides is 2. The molecule has 31 heavy (non-hydrogen) atoms. The highest BCUT2D eigenvalue weighted by Gasteiger charge is 2.37. The molecule has 2 aromatic rings. The fraction of sp³-hybridized carbons (Fsp3) is 0.462. The lowest BCUT2D eigenvalue weighted by molar-refractivity contribution is -0.140. The maximum Gasteiger partial charge on any atom is 0.244 e. The van der Waals surface area contributed by atoms with Gasteiger partial charge in [0.2, 0.25) is 11.8 Å². The van der Waals surface area contributed by atoms with Gasteiger partial charge in [-0.15, -0.1) is 0 Å². The van der Waals surface area contributed by atoms with Crippen LogP contribution in [-0.4, -0.2) is 47.8 Å². The molecule has 5 heteroatoms. The third kappa shape index (κ3) is 4.99. The van der Waals surface area contributed by atoms with Crippen LogP contribution >= 0.6 is 0 Å². The van der Waals surface area contributed by atoms with Gasteiger partial charge in [-0.25, -0.2) is 0 Å². The van der Waals surface area contributed by atoms with Crippen molar-refractivity contribution >= 4 is 11.8 Å². The van der Waals surface area contributed by atoms with Gasteiger partial charge in [0.1, 0.15) is 6.04 Å². The molecule has 1 saturated heterocycles. The van der Waals surface area contributed by atoms with Gasteiger partial charge in [-0.05, 0) is 48.8 Å². The van der Waals surface area contributed by atoms with E-state index in [0.717, 1.165) is 43.5 Å². The second-order valence-corrected chi connectivity index (χ2v) is 9.03. The predicted molar refractivity (Wildman–Crippen MR) is 122 cm³/mol. The number of nitrogens with zero attached hydrogens (tertiary/aromatic N) is 2. The maximum atomic E-state index is 13.6. The second kappa shape index (κ2) is 9.65. The average Bonchev–Trinajstić information content (AvgIpc) is 2.79. The highest BCUT2D eigenvalue weighted by Crippen LogP contribution is 2.32. The molecule has 2 aromatic carbocycles. The number of rotatable bonds is 5. The Hall–Kier alpha value is -2.66. The van der Waals surface area contributed by atoms with Crippen molar-refractivity contribution in [1.82, 2.24) is 15.1 Å². The first-order chi connectivity index (χ1) is 15.0. The molecular weight excluding hydrogens is 386 g/mol. The van der Waals surface area contributed by atoms with Crippen molar-refractivity contribution in [2.75, 3.05) is 26.2 Å². The Bertz CT molecular complexity index is 906. The van der Waals surface area contributed by atoms with E-state index in [-0.39, 0.29) is 30.4 Å². The Labute approximate surface area is 185 Å². The van der Waals surface area contributed by atoms with Crippen molar-refractivity contribution in [1.29, 1.82) is 0 Å². The molecule has 0 aromatic heterocycles. The van der Waals surface area contributed by atoms with E-state index in [2.05, 4.69) is 29.3 Å². The maximum absolute atomic E-state index is 13.6. The van der Waals surface area contributed by atoms with Gasteiger partial charge in [0, 0.05) is 19.6 Å². The molecule has 4 rings (SSSR count). The summed E-state index contributed by atoms with van der Waals surface area (Å²) >= 11 is 0. The Kier molecular flexibility index (Phi) is 6.71. The molecule has 0 aliphatic carbocycles. The van der Waals surface area contributed by atoms with Gasteiger partial charge in [0.05, 0.1) is 12.6 Å². The van der Waals surface area contributed by atoms with Crippen molar-refractivity contribution in [3.63, 3.8) is 0 Å². The molecule has 0 spiro atoms. The standard InChI is InChI=1S/C26H33N3O2/c1-19-12-15-28(16-13-19)26(31)25-23-11-7-6-10-22(23)14-17-29(25)18-24(30)27-20(2)21-8-4-3-5-9-21/h3-11,19-20,25H,12-18H2,1-2H3,(H,27,30). The number of carbonyl (C=O) groups excluding carboxylic acids is 2. The van der Waals surface area contributed by atoms with E-state index in [0.29, 0.717) is 12.5 Å². The summed E-state index contributed by atoms with van der Waals surface area (Å²) < 4.78 is 0. The quantitative estimate of drug-likeness (QED) is 0.804. The van der Waals surface area contributed by atoms with Gasteiger partial charge in [-0.1, -0.05) is 61.5 Å². The minimum atomic E-state index is -0.379. The van der Waals surface area contributed by atoms with Crippen LogP contribution in [0.5, 0.6) is 0 Å². The third-order valence-corrected chi connectivity index (χ3v) is 6.74. The first-order valence-corrected chi connectivity index (χ1v) is 11.5. The van der Waals surface area contributed by atoms with Crippen molar-refractivity contribution in [3.05, 3.63) is 71.3 Å². The lowest BCUT2D eigenvalue weighted by atomic mass is 9.90. The Balaban J connectivity index is 1.50. The molecule has 2 heterocycles. The lowest BCUT2D eigenvalue weighted by Crippen LogP contribution is -2.50. The van der Waals surface area contributed by atoms with Gasteiger partial charge in [-0.3, -0.25) is 14.5 Å². The van der Waals surface area contributed by atoms with E-state index < -0.39 is 0 Å². The fourth-order valence-electron chi connectivity index (χ4n) is 4.78. The number of fused-ring (bicyclic) bond motifs is 1. The van der Waals surface area contributed by atoms with Gasteiger partial charge >= 0.3 is 0 Å². The van der Waals surface area contributed by atoms with Crippen LogP contribution in [0.3, 0.4) is 0 Å². The van der Waals surface area contributed by atoms with Crippen molar-refractivity contribution in [2.45, 2.75) is 45.2 Å². The molecular formula is C26H33N3O2. The van der Waals surface area contributed by atoms with Crippen LogP contribution in [-0.2, 0) is 16.0 Å². The normalized spacial score (nSPS) is 20.7. The van der Waals surface area contributed by atoms with E-state index in [1.165, 1.54) is 5.56 Å². The van der Waals surface area contributed by atoms with Crippen molar-refractivity contribution in [2.24, 2.45) is 5.92 Å². The first-order valence-electron chi connectivity index (χ1n) is 11.5. The number of nitrogens with one attached hydrogen (secondary N) is 1. The summed E-state index contributed by atoms with van der Waals surface area (Å²) in [6, 6.07) is 17.7. The number of piperidine rings is 1. The number of hydrogen-bond donors (Lipinski definition) is 1. The van der Waals surface area contributed by atoms with E-state index >= 15 is 0 Å². The molecule has 2 atom stereocenters. The summed E-state index contributed by atoms with van der Waals surface area (Å²) in [6.45, 7) is 6.81. The molecule has 5 nitrogen and oxygen atoms in total. The molecule has 2 unspecified atom stereocenters. The minimum Gasteiger partial charge on any atom is -0.348 e. The molecule has 2 aliphatic rings. The molecule has 0 saturated carbocycles. The SMILES string of the molecule is CC1CCN(C(=O)C2c3ccccc3CCN2CC(=O)NC(C)c2ccccc2)CC1. The third-order valence-electron chi connectivity index (χ3n) is 6.74. The molecule has 0 radical (unpaired) electrons. The molecule has 0 bridgehead atoms. The van der Waals surface area contributed by atoms with Gasteiger partial charge in [0.15, 0.2) is 0 Å². The topological polar surface area (TPSA) is 52.7 Å². The lowest BCUT2D eigenvalue weighted by Gasteiger charge is -2.40. The Morgan fingerprint density at radius 2 is 1.68 bits per heavy atom. The van der Waals surface area contributed by atoms with Crippen LogP contribution in [0, 0.1) is 5.92 Å². The van der Waals surface area contributed by atoms with Crippen LogP contribution in [0.15, 0.2) is 54.6 Å². The molecule has 164 valence electrons.